The van der Waals surface area contributed by atoms with Crippen molar-refractivity contribution >= 4 is 39.9 Å². The van der Waals surface area contributed by atoms with E-state index in [4.69, 9.17) is 11.6 Å². The summed E-state index contributed by atoms with van der Waals surface area (Å²) in [4.78, 5) is 0. The summed E-state index contributed by atoms with van der Waals surface area (Å²) in [5.41, 5.74) is 3.74. The van der Waals surface area contributed by atoms with E-state index >= 15 is 0 Å². The van der Waals surface area contributed by atoms with Gasteiger partial charge in [-0.25, -0.2) is 0 Å². The lowest BCUT2D eigenvalue weighted by molar-refractivity contribution is 0.749. The van der Waals surface area contributed by atoms with E-state index in [0.29, 0.717) is 6.04 Å². The van der Waals surface area contributed by atoms with Gasteiger partial charge in [0.1, 0.15) is 0 Å². The molecule has 0 aliphatic heterocycles. The van der Waals surface area contributed by atoms with E-state index in [9.17, 15) is 0 Å². The van der Waals surface area contributed by atoms with Gasteiger partial charge >= 0.3 is 0 Å². The molecule has 19 heavy (non-hydrogen) atoms. The standard InChI is InChI=1S/C16H17ClIN/c1-3-16(12-5-7-13(17)8-6-12)19-14-9-4-11(2)15(18)10-14/h4-10,16,19H,3H2,1-2H3. The SMILES string of the molecule is CCC(Nc1ccc(C)c(I)c1)c1ccc(Cl)cc1. The fourth-order valence-corrected chi connectivity index (χ4v) is 2.64. The average Bonchev–Trinajstić information content (AvgIpc) is 2.41. The van der Waals surface area contributed by atoms with E-state index in [1.165, 1.54) is 14.7 Å². The van der Waals surface area contributed by atoms with Crippen molar-refractivity contribution in [1.29, 1.82) is 0 Å². The van der Waals surface area contributed by atoms with Crippen LogP contribution in [0.3, 0.4) is 0 Å². The zero-order valence-electron chi connectivity index (χ0n) is 11.1. The second-order valence-corrected chi connectivity index (χ2v) is 6.22. The van der Waals surface area contributed by atoms with Crippen LogP contribution in [0.25, 0.3) is 0 Å². The van der Waals surface area contributed by atoms with Gasteiger partial charge in [-0.3, -0.25) is 0 Å². The number of rotatable bonds is 4. The molecule has 100 valence electrons. The molecule has 0 bridgehead atoms. The molecule has 0 aliphatic carbocycles. The lowest BCUT2D eigenvalue weighted by Gasteiger charge is -2.19. The van der Waals surface area contributed by atoms with Crippen LogP contribution in [0.1, 0.15) is 30.5 Å². The van der Waals surface area contributed by atoms with Gasteiger partial charge in [-0.15, -0.1) is 0 Å². The Morgan fingerprint density at radius 2 is 1.84 bits per heavy atom. The van der Waals surface area contributed by atoms with Gasteiger partial charge in [0.25, 0.3) is 0 Å². The fraction of sp³-hybridized carbons (Fsp3) is 0.250. The molecular weight excluding hydrogens is 369 g/mol. The molecule has 1 atom stereocenters. The second-order valence-electron chi connectivity index (χ2n) is 4.62. The minimum atomic E-state index is 0.316. The van der Waals surface area contributed by atoms with Crippen molar-refractivity contribution < 1.29 is 0 Å². The smallest absolute Gasteiger partial charge is 0.0511 e. The lowest BCUT2D eigenvalue weighted by atomic mass is 10.0. The second kappa shape index (κ2) is 6.62. The van der Waals surface area contributed by atoms with Gasteiger partial charge in [0.05, 0.1) is 6.04 Å². The number of benzene rings is 2. The molecule has 0 saturated heterocycles. The van der Waals surface area contributed by atoms with Gasteiger partial charge in [-0.1, -0.05) is 36.7 Å². The molecule has 0 saturated carbocycles. The van der Waals surface area contributed by atoms with E-state index in [1.807, 2.05) is 12.1 Å². The van der Waals surface area contributed by atoms with Crippen LogP contribution < -0.4 is 5.32 Å². The zero-order chi connectivity index (χ0) is 13.8. The van der Waals surface area contributed by atoms with Crippen LogP contribution in [-0.4, -0.2) is 0 Å². The van der Waals surface area contributed by atoms with Gasteiger partial charge < -0.3 is 5.32 Å². The van der Waals surface area contributed by atoms with Crippen molar-refractivity contribution in [1.82, 2.24) is 0 Å². The molecule has 0 aliphatic rings. The zero-order valence-corrected chi connectivity index (χ0v) is 14.0. The molecule has 2 rings (SSSR count). The Labute approximate surface area is 133 Å². The summed E-state index contributed by atoms with van der Waals surface area (Å²) in [5, 5.41) is 4.37. The summed E-state index contributed by atoms with van der Waals surface area (Å²) in [7, 11) is 0. The Morgan fingerprint density at radius 3 is 2.42 bits per heavy atom. The minimum absolute atomic E-state index is 0.316. The molecule has 0 radical (unpaired) electrons. The normalized spacial score (nSPS) is 12.2. The Morgan fingerprint density at radius 1 is 1.16 bits per heavy atom. The highest BCUT2D eigenvalue weighted by Gasteiger charge is 2.09. The van der Waals surface area contributed by atoms with Gasteiger partial charge in [-0.2, -0.15) is 0 Å². The molecule has 2 aromatic rings. The largest absolute Gasteiger partial charge is 0.378 e. The first-order valence-electron chi connectivity index (χ1n) is 6.38. The number of aryl methyl sites for hydroxylation is 1. The summed E-state index contributed by atoms with van der Waals surface area (Å²) < 4.78 is 1.29. The molecular formula is C16H17ClIN. The summed E-state index contributed by atoms with van der Waals surface area (Å²) >= 11 is 8.31. The molecule has 2 aromatic carbocycles. The number of halogens is 2. The predicted octanol–water partition coefficient (Wildman–Crippen LogP) is 5.82. The topological polar surface area (TPSA) is 12.0 Å². The minimum Gasteiger partial charge on any atom is -0.378 e. The molecule has 0 fully saturated rings. The molecule has 1 unspecified atom stereocenters. The third kappa shape index (κ3) is 3.86. The van der Waals surface area contributed by atoms with Crippen molar-refractivity contribution in [2.45, 2.75) is 26.3 Å². The van der Waals surface area contributed by atoms with Gasteiger partial charge in [0.15, 0.2) is 0 Å². The van der Waals surface area contributed by atoms with E-state index in [-0.39, 0.29) is 0 Å². The maximum atomic E-state index is 5.94. The van der Waals surface area contributed by atoms with Crippen LogP contribution >= 0.6 is 34.2 Å². The first kappa shape index (κ1) is 14.7. The molecule has 3 heteroatoms. The van der Waals surface area contributed by atoms with Crippen LogP contribution in [0, 0.1) is 10.5 Å². The maximum Gasteiger partial charge on any atom is 0.0511 e. The highest BCUT2D eigenvalue weighted by molar-refractivity contribution is 14.1. The molecule has 0 spiro atoms. The predicted molar refractivity (Wildman–Crippen MR) is 92.0 cm³/mol. The Balaban J connectivity index is 2.18. The van der Waals surface area contributed by atoms with Crippen LogP contribution in [0.2, 0.25) is 5.02 Å². The number of hydrogen-bond donors (Lipinski definition) is 1. The van der Waals surface area contributed by atoms with E-state index < -0.39 is 0 Å². The van der Waals surface area contributed by atoms with Gasteiger partial charge in [0.2, 0.25) is 0 Å². The third-order valence-corrected chi connectivity index (χ3v) is 4.61. The van der Waals surface area contributed by atoms with E-state index in [2.05, 4.69) is 72.1 Å². The number of nitrogens with one attached hydrogen (secondary N) is 1. The highest BCUT2D eigenvalue weighted by Crippen LogP contribution is 2.25. The quantitative estimate of drug-likeness (QED) is 0.654. The van der Waals surface area contributed by atoms with E-state index in [0.717, 1.165) is 17.1 Å². The molecule has 0 aromatic heterocycles. The first-order valence-corrected chi connectivity index (χ1v) is 7.84. The van der Waals surface area contributed by atoms with Crippen molar-refractivity contribution in [3.63, 3.8) is 0 Å². The van der Waals surface area contributed by atoms with E-state index in [1.54, 1.807) is 0 Å². The number of anilines is 1. The van der Waals surface area contributed by atoms with Crippen LogP contribution in [0.5, 0.6) is 0 Å². The maximum absolute atomic E-state index is 5.94. The lowest BCUT2D eigenvalue weighted by Crippen LogP contribution is -2.09. The van der Waals surface area contributed by atoms with Gasteiger partial charge in [-0.05, 0) is 71.3 Å². The molecule has 1 N–H and O–H groups in total. The Bertz CT molecular complexity index is 551. The van der Waals surface area contributed by atoms with Crippen molar-refractivity contribution in [2.75, 3.05) is 5.32 Å². The summed E-state index contributed by atoms with van der Waals surface area (Å²) in [6.07, 6.45) is 1.03. The Kier molecular flexibility index (Phi) is 5.11. The monoisotopic (exact) mass is 385 g/mol. The van der Waals surface area contributed by atoms with Crippen LogP contribution in [-0.2, 0) is 0 Å². The van der Waals surface area contributed by atoms with Crippen molar-refractivity contribution in [3.8, 4) is 0 Å². The molecule has 0 amide bonds. The highest BCUT2D eigenvalue weighted by atomic mass is 127. The molecule has 1 nitrogen and oxygen atoms in total. The summed E-state index contributed by atoms with van der Waals surface area (Å²) in [5.74, 6) is 0. The van der Waals surface area contributed by atoms with Crippen LogP contribution in [0.15, 0.2) is 42.5 Å². The Hall–Kier alpha value is -0.740. The van der Waals surface area contributed by atoms with Crippen molar-refractivity contribution in [2.24, 2.45) is 0 Å². The summed E-state index contributed by atoms with van der Waals surface area (Å²) in [6.45, 7) is 4.31. The van der Waals surface area contributed by atoms with Gasteiger partial charge in [0, 0.05) is 14.3 Å². The van der Waals surface area contributed by atoms with Crippen LogP contribution in [0.4, 0.5) is 5.69 Å². The molecule has 0 heterocycles. The third-order valence-electron chi connectivity index (χ3n) is 3.19. The van der Waals surface area contributed by atoms with Crippen molar-refractivity contribution in [3.05, 3.63) is 62.2 Å². The number of hydrogen-bond acceptors (Lipinski definition) is 1. The summed E-state index contributed by atoms with van der Waals surface area (Å²) in [6, 6.07) is 14.9. The first-order chi connectivity index (χ1) is 9.10. The average molecular weight is 386 g/mol. The fourth-order valence-electron chi connectivity index (χ4n) is 2.00.